The molecule has 3 amide bonds. The summed E-state index contributed by atoms with van der Waals surface area (Å²) < 4.78 is 16.1. The Balaban J connectivity index is 1.36. The monoisotopic (exact) mass is 944 g/mol. The number of carboxylic acid groups (broad SMARTS) is 3. The maximum atomic E-state index is 13.1. The molecule has 0 aromatic rings. The molecule has 3 aliphatic heterocycles. The maximum Gasteiger partial charge on any atom is 0.326 e. The van der Waals surface area contributed by atoms with Crippen LogP contribution in [0.15, 0.2) is 0 Å². The zero-order valence-corrected chi connectivity index (χ0v) is 36.5. The van der Waals surface area contributed by atoms with Crippen LogP contribution in [-0.4, -0.2) is 214 Å². The first-order valence-electron chi connectivity index (χ1n) is 19.8. The van der Waals surface area contributed by atoms with Crippen molar-refractivity contribution in [2.75, 3.05) is 85.1 Å². The molecule has 23 nitrogen and oxygen atoms in total. The Bertz CT molecular complexity index is 1460. The average Bonchev–Trinajstić information content (AvgIpc) is 3.19. The topological polar surface area (TPSA) is 317 Å². The Morgan fingerprint density at radius 1 is 0.627 bits per heavy atom. The summed E-state index contributed by atoms with van der Waals surface area (Å²) in [5, 5.41) is 34.3. The molecule has 0 saturated carbocycles. The summed E-state index contributed by atoms with van der Waals surface area (Å²) in [6, 6.07) is -4.71. The van der Waals surface area contributed by atoms with Gasteiger partial charge in [0.25, 0.3) is 0 Å². The number of Topliss-reactive ketones (excluding diaryl/α,β-unsaturated/α-hetero) is 1. The third kappa shape index (κ3) is 20.1. The van der Waals surface area contributed by atoms with Crippen LogP contribution in [0.1, 0.15) is 64.2 Å². The second-order valence-electron chi connectivity index (χ2n) is 14.7. The Hall–Kier alpha value is -4.10. The minimum atomic E-state index is -4.21. The largest absolute Gasteiger partial charge is 0.481 e. The molecule has 330 valence electrons. The molecule has 3 saturated heterocycles. The molecule has 0 aliphatic carbocycles. The van der Waals surface area contributed by atoms with Gasteiger partial charge in [0.1, 0.15) is 12.1 Å². The third-order valence-electron chi connectivity index (χ3n) is 9.95. The van der Waals surface area contributed by atoms with Crippen molar-refractivity contribution in [1.29, 1.82) is 0 Å². The predicted molar refractivity (Wildman–Crippen MR) is 204 cm³/mol. The summed E-state index contributed by atoms with van der Waals surface area (Å²) in [7, 11) is 0. The normalized spacial score (nSPS) is 22.0. The number of carbonyl (C=O) groups is 9. The molecule has 3 rings (SSSR count). The van der Waals surface area contributed by atoms with Crippen molar-refractivity contribution < 1.29 is 67.0 Å². The molecule has 4 bridgehead atoms. The Labute approximate surface area is 350 Å². The van der Waals surface area contributed by atoms with Gasteiger partial charge in [-0.15, -0.1) is 0 Å². The zero-order chi connectivity index (χ0) is 43.3. The standard InChI is InChI=1S/C35H60N8O15.In/c36-25(32(53)37-11-5-4-8-26(33(54)55)38-35(58)39-27(34(56)57)9-10-28(45)46)7-3-1-2-6-24(44)20-40-12-14-41(21-29(47)48)16-18-43(23-31(51)52)19-17-42(15-13-40)22-30(49)50;/h25-27H,1-23,36H2,(H,37,53)(H,45,46)(H,47,48)(H,49,50)(H,51,52)(H,54,55)(H,56,57)(H2,38,39,58);/q;+3/p-3/t25-,26-,27-;/m0./s1. The second kappa shape index (κ2) is 26.2. The van der Waals surface area contributed by atoms with Gasteiger partial charge in [0.15, 0.2) is 0 Å². The van der Waals surface area contributed by atoms with E-state index in [1.807, 2.05) is 19.6 Å². The van der Waals surface area contributed by atoms with E-state index in [1.54, 1.807) is 0 Å². The number of ketones is 1. The van der Waals surface area contributed by atoms with Gasteiger partial charge in [0.2, 0.25) is 5.91 Å². The Kier molecular flexibility index (Phi) is 21.9. The van der Waals surface area contributed by atoms with Crippen molar-refractivity contribution in [2.45, 2.75) is 82.3 Å². The van der Waals surface area contributed by atoms with Gasteiger partial charge in [-0.1, -0.05) is 6.42 Å². The van der Waals surface area contributed by atoms with E-state index in [2.05, 4.69) is 16.0 Å². The van der Waals surface area contributed by atoms with Gasteiger partial charge >= 0.3 is 216 Å². The van der Waals surface area contributed by atoms with Crippen molar-refractivity contribution in [3.63, 3.8) is 0 Å². The number of nitrogens with zero attached hydrogens (tertiary/aromatic N) is 4. The van der Waals surface area contributed by atoms with Gasteiger partial charge in [0.05, 0.1) is 6.04 Å². The van der Waals surface area contributed by atoms with Crippen molar-refractivity contribution in [2.24, 2.45) is 5.73 Å². The van der Waals surface area contributed by atoms with Crippen LogP contribution in [0.2, 0.25) is 0 Å². The number of amides is 3. The number of fused-ring (bicyclic) bond motifs is 7. The fraction of sp³-hybridized carbons (Fsp3) is 0.743. The molecule has 8 N–H and O–H groups in total. The SMILES string of the molecule is N[C@@H](CCCCCC(=O)CN1CCN2CCN3CCN(CC1)CC(=O)[O][In]([O]C(=O)C2)[O]C(=O)C3)C(=O)NCCCC[C@H](NC(=O)N[C@@H](CCC(=O)O)C(=O)O)C(=O)O. The van der Waals surface area contributed by atoms with E-state index in [0.717, 1.165) is 0 Å². The maximum absolute atomic E-state index is 13.1. The molecule has 0 spiro atoms. The fourth-order valence-corrected chi connectivity index (χ4v) is 9.43. The number of urea groups is 1. The summed E-state index contributed by atoms with van der Waals surface area (Å²) in [5.41, 5.74) is 6.06. The number of aliphatic carboxylic acids is 3. The summed E-state index contributed by atoms with van der Waals surface area (Å²) in [4.78, 5) is 117. The van der Waals surface area contributed by atoms with Crippen LogP contribution < -0.4 is 21.7 Å². The average molecular weight is 945 g/mol. The first kappa shape index (κ1) is 49.3. The van der Waals surface area contributed by atoms with Crippen molar-refractivity contribution >= 4 is 76.3 Å². The number of hydrogen-bond donors (Lipinski definition) is 7. The van der Waals surface area contributed by atoms with Crippen molar-refractivity contribution in [1.82, 2.24) is 35.6 Å². The molecule has 59 heavy (non-hydrogen) atoms. The van der Waals surface area contributed by atoms with Crippen LogP contribution in [-0.2, 0) is 46.9 Å². The quantitative estimate of drug-likeness (QED) is 0.0566. The fourth-order valence-electron chi connectivity index (χ4n) is 6.54. The molecule has 5 atom stereocenters. The minimum Gasteiger partial charge on any atom is -0.481 e. The Morgan fingerprint density at radius 2 is 1.10 bits per heavy atom. The van der Waals surface area contributed by atoms with Gasteiger partial charge in [-0.3, -0.25) is 9.59 Å². The number of unbranched alkanes of at least 4 members (excludes halogenated alkanes) is 3. The molecule has 24 heteroatoms. The summed E-state index contributed by atoms with van der Waals surface area (Å²) in [5.74, 6) is -6.24. The molecule has 3 heterocycles. The first-order chi connectivity index (χ1) is 28.1. The number of nitrogens with two attached hydrogens (primary N) is 1. The van der Waals surface area contributed by atoms with Gasteiger partial charge in [-0.25, -0.2) is 14.4 Å². The zero-order valence-electron chi connectivity index (χ0n) is 33.2. The molecule has 0 radical (unpaired) electrons. The van der Waals surface area contributed by atoms with Crippen molar-refractivity contribution in [3.05, 3.63) is 0 Å². The van der Waals surface area contributed by atoms with Crippen LogP contribution >= 0.6 is 0 Å². The van der Waals surface area contributed by atoms with E-state index in [9.17, 15) is 53.4 Å². The van der Waals surface area contributed by atoms with E-state index in [-0.39, 0.29) is 57.3 Å². The minimum absolute atomic E-state index is 0.00446. The van der Waals surface area contributed by atoms with Gasteiger partial charge in [-0.2, -0.15) is 0 Å². The van der Waals surface area contributed by atoms with Crippen LogP contribution in [0.4, 0.5) is 4.79 Å². The number of carbonyl (C=O) groups excluding carboxylic acids is 6. The molecular formula is C35H57InN8O15. The van der Waals surface area contributed by atoms with Crippen LogP contribution in [0.25, 0.3) is 0 Å². The smallest absolute Gasteiger partial charge is 0.326 e. The van der Waals surface area contributed by atoms with E-state index in [1.165, 1.54) is 0 Å². The van der Waals surface area contributed by atoms with Gasteiger partial charge in [-0.05, 0) is 32.1 Å². The summed E-state index contributed by atoms with van der Waals surface area (Å²) >= 11 is -4.21. The summed E-state index contributed by atoms with van der Waals surface area (Å²) in [6.07, 6.45) is 2.32. The van der Waals surface area contributed by atoms with Crippen LogP contribution in [0.5, 0.6) is 0 Å². The molecular weight excluding hydrogens is 887 g/mol. The first-order valence-corrected chi connectivity index (χ1v) is 23.9. The summed E-state index contributed by atoms with van der Waals surface area (Å²) in [6.45, 7) is 4.11. The number of rotatable bonds is 21. The number of nitrogens with one attached hydrogen (secondary N) is 3. The van der Waals surface area contributed by atoms with E-state index < -0.39 is 89.1 Å². The Morgan fingerprint density at radius 3 is 1.59 bits per heavy atom. The van der Waals surface area contributed by atoms with Gasteiger partial charge in [0, 0.05) is 13.0 Å². The second-order valence-corrected chi connectivity index (χ2v) is 18.4. The van der Waals surface area contributed by atoms with E-state index >= 15 is 0 Å². The van der Waals surface area contributed by atoms with Crippen molar-refractivity contribution in [3.8, 4) is 0 Å². The number of carboxylic acids is 3. The molecule has 2 unspecified atom stereocenters. The molecule has 0 aromatic heterocycles. The molecule has 0 aromatic carbocycles. The van der Waals surface area contributed by atoms with Crippen LogP contribution in [0.3, 0.4) is 0 Å². The third-order valence-corrected chi connectivity index (χ3v) is 13.8. The molecule has 3 aliphatic rings. The molecule has 3 fully saturated rings. The number of hydrogen-bond acceptors (Lipinski definition) is 17. The predicted octanol–water partition coefficient (Wildman–Crippen LogP) is -2.95. The van der Waals surface area contributed by atoms with E-state index in [4.69, 9.17) is 19.4 Å². The van der Waals surface area contributed by atoms with Crippen LogP contribution in [0, 0.1) is 0 Å². The van der Waals surface area contributed by atoms with Gasteiger partial charge < -0.3 is 37.0 Å². The van der Waals surface area contributed by atoms with E-state index in [0.29, 0.717) is 97.3 Å².